The van der Waals surface area contributed by atoms with Crippen LogP contribution in [0.5, 0.6) is 0 Å². The first kappa shape index (κ1) is 23.8. The fourth-order valence-electron chi connectivity index (χ4n) is 3.08. The first-order valence-electron chi connectivity index (χ1n) is 9.09. The molecule has 1 saturated heterocycles. The van der Waals surface area contributed by atoms with Gasteiger partial charge in [-0.2, -0.15) is 5.26 Å². The van der Waals surface area contributed by atoms with Crippen molar-refractivity contribution in [3.05, 3.63) is 0 Å². The van der Waals surface area contributed by atoms with E-state index in [4.69, 9.17) is 31.6 Å². The number of aliphatic hydroxyl groups excluding tert-OH is 1. The molecule has 26 heavy (non-hydrogen) atoms. The quantitative estimate of drug-likeness (QED) is 0.331. The predicted molar refractivity (Wildman–Crippen MR) is 102 cm³/mol. The van der Waals surface area contributed by atoms with Crippen LogP contribution >= 0.6 is 8.53 Å². The van der Waals surface area contributed by atoms with Crippen LogP contribution < -0.4 is 0 Å². The summed E-state index contributed by atoms with van der Waals surface area (Å²) in [7, 11) is 6.16. The monoisotopic (exact) mass is 386 g/mol. The van der Waals surface area contributed by atoms with Crippen LogP contribution in [0.4, 0.5) is 0 Å². The van der Waals surface area contributed by atoms with E-state index in [9.17, 15) is 5.11 Å². The van der Waals surface area contributed by atoms with Crippen molar-refractivity contribution in [3.8, 4) is 6.07 Å². The molecule has 0 aromatic heterocycles. The average Bonchev–Trinajstić information content (AvgIpc) is 2.80. The number of methoxy groups -OCH3 is 1. The minimum Gasteiger partial charge on any atom is -0.393 e. The maximum atomic E-state index is 9.78. The van der Waals surface area contributed by atoms with Crippen LogP contribution in [0.3, 0.4) is 0 Å². The molecule has 2 radical (unpaired) electrons. The Hall–Kier alpha value is -0.255. The lowest BCUT2D eigenvalue weighted by Gasteiger charge is -2.38. The number of hydrogen-bond acceptors (Lipinski definition) is 7. The SMILES string of the molecule is [B]C1OC(CC(C)O)C(OP(OCCC#N)N(C(C)C)C(C)C)C1OC. The molecule has 0 aromatic rings. The summed E-state index contributed by atoms with van der Waals surface area (Å²) in [6, 6.07) is 1.84. The summed E-state index contributed by atoms with van der Waals surface area (Å²) in [5.41, 5.74) is 0. The molecular formula is C17H32BN2O5P. The fraction of sp³-hybridized carbons (Fsp3) is 0.941. The average molecular weight is 386 g/mol. The zero-order chi connectivity index (χ0) is 19.9. The van der Waals surface area contributed by atoms with E-state index in [-0.39, 0.29) is 31.2 Å². The van der Waals surface area contributed by atoms with Crippen LogP contribution in [-0.4, -0.2) is 73.8 Å². The summed E-state index contributed by atoms with van der Waals surface area (Å²) >= 11 is 0. The second kappa shape index (κ2) is 11.6. The Kier molecular flexibility index (Phi) is 10.6. The molecule has 0 saturated carbocycles. The molecule has 148 valence electrons. The van der Waals surface area contributed by atoms with E-state index >= 15 is 0 Å². The van der Waals surface area contributed by atoms with Gasteiger partial charge in [-0.15, -0.1) is 0 Å². The summed E-state index contributed by atoms with van der Waals surface area (Å²) in [6.45, 7) is 10.3. The third-order valence-corrected chi connectivity index (χ3v) is 6.19. The Bertz CT molecular complexity index is 441. The van der Waals surface area contributed by atoms with E-state index in [0.717, 1.165) is 0 Å². The summed E-state index contributed by atoms with van der Waals surface area (Å²) < 4.78 is 25.7. The lowest BCUT2D eigenvalue weighted by Crippen LogP contribution is -2.40. The van der Waals surface area contributed by atoms with Gasteiger partial charge >= 0.3 is 0 Å². The lowest BCUT2D eigenvalue weighted by atomic mass is 9.92. The van der Waals surface area contributed by atoms with E-state index in [0.29, 0.717) is 6.42 Å². The molecule has 9 heteroatoms. The standard InChI is InChI=1S/C17H32BN2O5P/c1-11(2)20(12(3)4)26(23-9-7-8-19)25-15-14(10-13(5)21)24-17(18)16(15)22-6/h11-17,21H,7,9-10H2,1-6H3. The fourth-order valence-corrected chi connectivity index (χ4v) is 4.84. The number of ether oxygens (including phenoxy) is 2. The Morgan fingerprint density at radius 2 is 1.85 bits per heavy atom. The number of aliphatic hydroxyl groups is 1. The molecule has 0 aromatic carbocycles. The second-order valence-corrected chi connectivity index (χ2v) is 8.45. The molecule has 1 aliphatic heterocycles. The maximum Gasteiger partial charge on any atom is 0.259 e. The van der Waals surface area contributed by atoms with Crippen LogP contribution in [0.25, 0.3) is 0 Å². The Morgan fingerprint density at radius 1 is 1.23 bits per heavy atom. The van der Waals surface area contributed by atoms with Crippen LogP contribution in [0, 0.1) is 11.3 Å². The minimum absolute atomic E-state index is 0.190. The first-order chi connectivity index (χ1) is 12.2. The van der Waals surface area contributed by atoms with Gasteiger partial charge in [0.25, 0.3) is 8.53 Å². The van der Waals surface area contributed by atoms with Crippen LogP contribution in [0.1, 0.15) is 47.5 Å². The van der Waals surface area contributed by atoms with E-state index in [1.165, 1.54) is 0 Å². The summed E-state index contributed by atoms with van der Waals surface area (Å²) in [4.78, 5) is 0. The van der Waals surface area contributed by atoms with Gasteiger partial charge in [0.2, 0.25) is 0 Å². The van der Waals surface area contributed by atoms with Crippen LogP contribution in [-0.2, 0) is 18.5 Å². The molecule has 6 atom stereocenters. The smallest absolute Gasteiger partial charge is 0.259 e. The van der Waals surface area contributed by atoms with Gasteiger partial charge in [0.1, 0.15) is 20.1 Å². The van der Waals surface area contributed by atoms with Gasteiger partial charge in [-0.25, -0.2) is 4.67 Å². The van der Waals surface area contributed by atoms with Crippen molar-refractivity contribution in [1.82, 2.24) is 4.67 Å². The molecule has 6 unspecified atom stereocenters. The molecule has 7 nitrogen and oxygen atoms in total. The van der Waals surface area contributed by atoms with Crippen molar-refractivity contribution in [2.24, 2.45) is 0 Å². The molecule has 0 aliphatic carbocycles. The van der Waals surface area contributed by atoms with Gasteiger partial charge in [-0.1, -0.05) is 0 Å². The number of nitriles is 1. The van der Waals surface area contributed by atoms with Crippen LogP contribution in [0.15, 0.2) is 0 Å². The van der Waals surface area contributed by atoms with Crippen molar-refractivity contribution in [2.75, 3.05) is 13.7 Å². The number of rotatable bonds is 11. The van der Waals surface area contributed by atoms with E-state index in [2.05, 4.69) is 38.4 Å². The largest absolute Gasteiger partial charge is 0.393 e. The molecule has 0 bridgehead atoms. The summed E-state index contributed by atoms with van der Waals surface area (Å²) in [5, 5.41) is 18.6. The highest BCUT2D eigenvalue weighted by molar-refractivity contribution is 7.44. The van der Waals surface area contributed by atoms with Gasteiger partial charge in [0, 0.05) is 31.6 Å². The van der Waals surface area contributed by atoms with E-state index < -0.39 is 32.8 Å². The highest BCUT2D eigenvalue weighted by Gasteiger charge is 2.46. The molecule has 1 rings (SSSR count). The van der Waals surface area contributed by atoms with Crippen molar-refractivity contribution < 1.29 is 23.6 Å². The van der Waals surface area contributed by atoms with Crippen molar-refractivity contribution >= 4 is 16.4 Å². The third kappa shape index (κ3) is 6.72. The third-order valence-electron chi connectivity index (χ3n) is 4.07. The molecule has 0 spiro atoms. The van der Waals surface area contributed by atoms with Crippen molar-refractivity contribution in [2.45, 2.75) is 90.0 Å². The molecule has 1 fully saturated rings. The van der Waals surface area contributed by atoms with Crippen LogP contribution in [0.2, 0.25) is 0 Å². The molecule has 1 heterocycles. The zero-order valence-corrected chi connectivity index (χ0v) is 17.6. The molecule has 1 aliphatic rings. The molecule has 1 N–H and O–H groups in total. The minimum atomic E-state index is -1.44. The van der Waals surface area contributed by atoms with Gasteiger partial charge in [0.05, 0.1) is 31.3 Å². The predicted octanol–water partition coefficient (Wildman–Crippen LogP) is 2.33. The molecule has 0 amide bonds. The highest BCUT2D eigenvalue weighted by Crippen LogP contribution is 2.49. The lowest BCUT2D eigenvalue weighted by molar-refractivity contribution is -0.00552. The van der Waals surface area contributed by atoms with E-state index in [1.54, 1.807) is 14.0 Å². The Morgan fingerprint density at radius 3 is 2.31 bits per heavy atom. The number of nitrogens with zero attached hydrogens (tertiary/aromatic N) is 2. The summed E-state index contributed by atoms with van der Waals surface area (Å²) in [6.07, 6.45) is -1.17. The van der Waals surface area contributed by atoms with Gasteiger partial charge in [0.15, 0.2) is 0 Å². The van der Waals surface area contributed by atoms with Gasteiger partial charge in [-0.3, -0.25) is 0 Å². The topological polar surface area (TPSA) is 84.2 Å². The molecular weight excluding hydrogens is 354 g/mol. The normalized spacial score (nSPS) is 28.7. The van der Waals surface area contributed by atoms with E-state index in [1.807, 2.05) is 0 Å². The van der Waals surface area contributed by atoms with Gasteiger partial charge < -0.3 is 23.6 Å². The second-order valence-electron chi connectivity index (χ2n) is 7.04. The highest BCUT2D eigenvalue weighted by atomic mass is 31.2. The summed E-state index contributed by atoms with van der Waals surface area (Å²) in [5.74, 6) is 0. The Balaban J connectivity index is 3.01. The van der Waals surface area contributed by atoms with Gasteiger partial charge in [-0.05, 0) is 34.6 Å². The van der Waals surface area contributed by atoms with Crippen molar-refractivity contribution in [1.29, 1.82) is 5.26 Å². The number of hydrogen-bond donors (Lipinski definition) is 1. The Labute approximate surface area is 160 Å². The van der Waals surface area contributed by atoms with Crippen molar-refractivity contribution in [3.63, 3.8) is 0 Å². The first-order valence-corrected chi connectivity index (χ1v) is 10.2. The zero-order valence-electron chi connectivity index (χ0n) is 16.7. The maximum absolute atomic E-state index is 9.78.